The van der Waals surface area contributed by atoms with Crippen molar-refractivity contribution in [1.82, 2.24) is 15.6 Å². The van der Waals surface area contributed by atoms with Gasteiger partial charge >= 0.3 is 6.09 Å². The van der Waals surface area contributed by atoms with Crippen LogP contribution in [0.2, 0.25) is 0 Å². The molecule has 0 bridgehead atoms. The molecule has 16 heavy (non-hydrogen) atoms. The molecule has 0 saturated heterocycles. The summed E-state index contributed by atoms with van der Waals surface area (Å²) in [5.41, 5.74) is 0.282. The Balaban J connectivity index is 2.38. The molecule has 1 heterocycles. The predicted molar refractivity (Wildman–Crippen MR) is 60.3 cm³/mol. The molecule has 2 amide bonds. The zero-order valence-electron chi connectivity index (χ0n) is 8.24. The minimum absolute atomic E-state index is 0.162. The van der Waals surface area contributed by atoms with E-state index in [4.69, 9.17) is 5.11 Å². The van der Waals surface area contributed by atoms with Crippen LogP contribution in [0.4, 0.5) is 4.79 Å². The van der Waals surface area contributed by atoms with Crippen LogP contribution in [0.25, 0.3) is 0 Å². The van der Waals surface area contributed by atoms with E-state index in [1.807, 2.05) is 0 Å². The lowest BCUT2D eigenvalue weighted by Gasteiger charge is -2.04. The number of hydrogen-bond acceptors (Lipinski definition) is 3. The van der Waals surface area contributed by atoms with Gasteiger partial charge in [-0.15, -0.1) is 0 Å². The molecule has 1 aromatic rings. The summed E-state index contributed by atoms with van der Waals surface area (Å²) in [5.74, 6) is -0.339. The van der Waals surface area contributed by atoms with Crippen molar-refractivity contribution in [1.29, 1.82) is 0 Å². The summed E-state index contributed by atoms with van der Waals surface area (Å²) in [6, 6.07) is 4.98. The van der Waals surface area contributed by atoms with E-state index < -0.39 is 6.09 Å². The second kappa shape index (κ2) is 6.06. The van der Waals surface area contributed by atoms with Gasteiger partial charge in [-0.25, -0.2) is 9.78 Å². The van der Waals surface area contributed by atoms with Gasteiger partial charge in [0.05, 0.1) is 0 Å². The van der Waals surface area contributed by atoms with Gasteiger partial charge in [0, 0.05) is 13.1 Å². The van der Waals surface area contributed by atoms with Crippen molar-refractivity contribution in [3.63, 3.8) is 0 Å². The molecule has 0 fully saturated rings. The lowest BCUT2D eigenvalue weighted by atomic mass is 10.3. The van der Waals surface area contributed by atoms with E-state index in [-0.39, 0.29) is 24.7 Å². The molecule has 6 nitrogen and oxygen atoms in total. The number of halogens is 1. The molecule has 0 unspecified atom stereocenters. The molecular weight excluding hydrogens is 278 g/mol. The predicted octanol–water partition coefficient (Wildman–Crippen LogP) is 0.841. The number of carbonyl (C=O) groups is 2. The van der Waals surface area contributed by atoms with E-state index in [1.165, 1.54) is 0 Å². The summed E-state index contributed by atoms with van der Waals surface area (Å²) in [4.78, 5) is 25.5. The largest absolute Gasteiger partial charge is 0.465 e. The lowest BCUT2D eigenvalue weighted by molar-refractivity contribution is 0.0948. The number of pyridine rings is 1. The van der Waals surface area contributed by atoms with Crippen molar-refractivity contribution in [2.24, 2.45) is 0 Å². The number of aromatic nitrogens is 1. The smallest absolute Gasteiger partial charge is 0.404 e. The molecule has 1 rings (SSSR count). The molecule has 0 radical (unpaired) electrons. The Morgan fingerprint density at radius 3 is 2.62 bits per heavy atom. The monoisotopic (exact) mass is 287 g/mol. The zero-order chi connectivity index (χ0) is 12.0. The number of carboxylic acid groups (broad SMARTS) is 1. The Morgan fingerprint density at radius 2 is 2.00 bits per heavy atom. The molecule has 7 heteroatoms. The molecule has 0 saturated carbocycles. The Morgan fingerprint density at radius 1 is 1.31 bits per heavy atom. The van der Waals surface area contributed by atoms with E-state index >= 15 is 0 Å². The third-order valence-corrected chi connectivity index (χ3v) is 2.08. The summed E-state index contributed by atoms with van der Waals surface area (Å²) in [5, 5.41) is 13.0. The van der Waals surface area contributed by atoms with Crippen LogP contribution in [0, 0.1) is 0 Å². The minimum Gasteiger partial charge on any atom is -0.465 e. The van der Waals surface area contributed by atoms with Gasteiger partial charge in [0.15, 0.2) is 0 Å². The fraction of sp³-hybridized carbons (Fsp3) is 0.222. The van der Waals surface area contributed by atoms with Crippen molar-refractivity contribution in [2.75, 3.05) is 13.1 Å². The maximum Gasteiger partial charge on any atom is 0.404 e. The van der Waals surface area contributed by atoms with Crippen molar-refractivity contribution < 1.29 is 14.7 Å². The highest BCUT2D eigenvalue weighted by Crippen LogP contribution is 2.05. The van der Waals surface area contributed by atoms with E-state index in [0.717, 1.165) is 0 Å². The van der Waals surface area contributed by atoms with Crippen LogP contribution in [-0.4, -0.2) is 35.2 Å². The second-order valence-corrected chi connectivity index (χ2v) is 3.65. The molecular formula is C9H10BrN3O3. The summed E-state index contributed by atoms with van der Waals surface area (Å²) < 4.78 is 0.573. The van der Waals surface area contributed by atoms with Crippen LogP contribution < -0.4 is 10.6 Å². The quantitative estimate of drug-likeness (QED) is 0.565. The van der Waals surface area contributed by atoms with Crippen LogP contribution in [0.15, 0.2) is 22.8 Å². The van der Waals surface area contributed by atoms with E-state index in [1.54, 1.807) is 18.2 Å². The number of nitrogens with one attached hydrogen (secondary N) is 2. The zero-order valence-corrected chi connectivity index (χ0v) is 9.82. The maximum absolute atomic E-state index is 11.5. The summed E-state index contributed by atoms with van der Waals surface area (Å²) in [6.45, 7) is 0.383. The van der Waals surface area contributed by atoms with Crippen molar-refractivity contribution in [3.8, 4) is 0 Å². The maximum atomic E-state index is 11.5. The Labute approximate surface area is 100 Å². The first-order chi connectivity index (χ1) is 7.59. The molecule has 0 aliphatic heterocycles. The highest BCUT2D eigenvalue weighted by atomic mass is 79.9. The third kappa shape index (κ3) is 4.26. The van der Waals surface area contributed by atoms with Crippen LogP contribution in [0.3, 0.4) is 0 Å². The van der Waals surface area contributed by atoms with Gasteiger partial charge < -0.3 is 15.7 Å². The fourth-order valence-corrected chi connectivity index (χ4v) is 1.31. The SMILES string of the molecule is O=C(O)NCCNC(=O)c1cccc(Br)n1. The average Bonchev–Trinajstić information content (AvgIpc) is 2.24. The average molecular weight is 288 g/mol. The molecule has 0 aliphatic rings. The van der Waals surface area contributed by atoms with Crippen LogP contribution in [0.1, 0.15) is 10.5 Å². The number of amides is 2. The molecule has 0 aliphatic carbocycles. The standard InChI is InChI=1S/C9H10BrN3O3/c10-7-3-1-2-6(13-7)8(14)11-4-5-12-9(15)16/h1-3,12H,4-5H2,(H,11,14)(H,15,16). The first-order valence-electron chi connectivity index (χ1n) is 4.47. The van der Waals surface area contributed by atoms with Crippen molar-refractivity contribution in [2.45, 2.75) is 0 Å². The van der Waals surface area contributed by atoms with Crippen LogP contribution >= 0.6 is 15.9 Å². The highest BCUT2D eigenvalue weighted by Gasteiger charge is 2.06. The first-order valence-corrected chi connectivity index (χ1v) is 5.26. The minimum atomic E-state index is -1.12. The van der Waals surface area contributed by atoms with Gasteiger partial charge in [0.25, 0.3) is 5.91 Å². The Kier molecular flexibility index (Phi) is 4.71. The number of hydrogen-bond donors (Lipinski definition) is 3. The van der Waals surface area contributed by atoms with Gasteiger partial charge in [0.2, 0.25) is 0 Å². The number of carbonyl (C=O) groups excluding carboxylic acids is 1. The van der Waals surface area contributed by atoms with Gasteiger partial charge in [-0.3, -0.25) is 4.79 Å². The lowest BCUT2D eigenvalue weighted by Crippen LogP contribution is -2.34. The van der Waals surface area contributed by atoms with Gasteiger partial charge in [0.1, 0.15) is 10.3 Å². The molecule has 0 spiro atoms. The highest BCUT2D eigenvalue weighted by molar-refractivity contribution is 9.10. The first kappa shape index (κ1) is 12.4. The molecule has 0 aromatic carbocycles. The summed E-state index contributed by atoms with van der Waals surface area (Å²) in [7, 11) is 0. The molecule has 1 aromatic heterocycles. The van der Waals surface area contributed by atoms with E-state index in [0.29, 0.717) is 4.60 Å². The number of nitrogens with zero attached hydrogens (tertiary/aromatic N) is 1. The number of rotatable bonds is 4. The topological polar surface area (TPSA) is 91.3 Å². The molecule has 3 N–H and O–H groups in total. The van der Waals surface area contributed by atoms with Crippen molar-refractivity contribution in [3.05, 3.63) is 28.5 Å². The fourth-order valence-electron chi connectivity index (χ4n) is 0.971. The van der Waals surface area contributed by atoms with Gasteiger partial charge in [-0.2, -0.15) is 0 Å². The van der Waals surface area contributed by atoms with Crippen LogP contribution in [-0.2, 0) is 0 Å². The Bertz CT molecular complexity index is 397. The Hall–Kier alpha value is -1.63. The molecule has 0 atom stereocenters. The molecule has 86 valence electrons. The van der Waals surface area contributed by atoms with Gasteiger partial charge in [-0.1, -0.05) is 6.07 Å². The van der Waals surface area contributed by atoms with E-state index in [9.17, 15) is 9.59 Å². The van der Waals surface area contributed by atoms with Crippen molar-refractivity contribution >= 4 is 27.9 Å². The second-order valence-electron chi connectivity index (χ2n) is 2.83. The van der Waals surface area contributed by atoms with E-state index in [2.05, 4.69) is 31.5 Å². The summed E-state index contributed by atoms with van der Waals surface area (Å²) in [6.07, 6.45) is -1.12. The third-order valence-electron chi connectivity index (χ3n) is 1.63. The van der Waals surface area contributed by atoms with Gasteiger partial charge in [-0.05, 0) is 28.1 Å². The summed E-state index contributed by atoms with van der Waals surface area (Å²) >= 11 is 3.15. The normalized spacial score (nSPS) is 9.56. The van der Waals surface area contributed by atoms with Crippen LogP contribution in [0.5, 0.6) is 0 Å².